The fraction of sp³-hybridized carbons (Fsp3) is 0.429. The quantitative estimate of drug-likeness (QED) is 0.806. The van der Waals surface area contributed by atoms with Gasteiger partial charge in [0.25, 0.3) is 5.91 Å². The first-order chi connectivity index (χ1) is 9.79. The lowest BCUT2D eigenvalue weighted by molar-refractivity contribution is -0.131. The van der Waals surface area contributed by atoms with Gasteiger partial charge in [0.15, 0.2) is 0 Å². The Hall–Kier alpha value is -1.79. The zero-order valence-corrected chi connectivity index (χ0v) is 12.6. The van der Waals surface area contributed by atoms with E-state index in [2.05, 4.69) is 5.32 Å². The molecule has 0 aliphatic carbocycles. The molecule has 21 heavy (non-hydrogen) atoms. The standard InChI is InChI=1S/C14H17ClN2O4/c1-14(2)12(19)17(13(20)16-14)7-10(18)8-21-11-5-3-9(15)4-6-11/h3-6,10,18H,7-8H2,1-2H3,(H,16,20)/t10-/m1/s1. The maximum atomic E-state index is 12.0. The van der Waals surface area contributed by atoms with Crippen LogP contribution in [0.4, 0.5) is 4.79 Å². The Morgan fingerprint density at radius 2 is 1.95 bits per heavy atom. The fourth-order valence-corrected chi connectivity index (χ4v) is 2.10. The van der Waals surface area contributed by atoms with Crippen LogP contribution in [-0.4, -0.2) is 46.7 Å². The number of rotatable bonds is 5. The number of benzene rings is 1. The van der Waals surface area contributed by atoms with Crippen LogP contribution in [-0.2, 0) is 4.79 Å². The lowest BCUT2D eigenvalue weighted by atomic mass is 10.1. The number of β-amino-alcohol motifs (C(OH)–C–C–N with tert-alkyl or cyclic N) is 1. The van der Waals surface area contributed by atoms with Gasteiger partial charge in [0.2, 0.25) is 0 Å². The van der Waals surface area contributed by atoms with E-state index in [-0.39, 0.29) is 19.1 Å². The summed E-state index contributed by atoms with van der Waals surface area (Å²) in [5, 5.41) is 13.0. The number of carbonyl (C=O) groups excluding carboxylic acids is 2. The molecule has 0 bridgehead atoms. The van der Waals surface area contributed by atoms with Gasteiger partial charge in [-0.25, -0.2) is 4.79 Å². The number of hydrogen-bond acceptors (Lipinski definition) is 4. The number of aliphatic hydroxyl groups is 1. The molecule has 1 fully saturated rings. The van der Waals surface area contributed by atoms with Crippen LogP contribution >= 0.6 is 11.6 Å². The molecule has 1 aromatic carbocycles. The summed E-state index contributed by atoms with van der Waals surface area (Å²) in [6, 6.07) is 6.18. The molecule has 7 heteroatoms. The van der Waals surface area contributed by atoms with Crippen LogP contribution < -0.4 is 10.1 Å². The van der Waals surface area contributed by atoms with E-state index in [1.54, 1.807) is 38.1 Å². The SMILES string of the molecule is CC1(C)NC(=O)N(C[C@@H](O)COc2ccc(Cl)cc2)C1=O. The van der Waals surface area contributed by atoms with E-state index in [0.717, 1.165) is 4.90 Å². The first-order valence-corrected chi connectivity index (χ1v) is 6.88. The van der Waals surface area contributed by atoms with E-state index in [0.29, 0.717) is 10.8 Å². The van der Waals surface area contributed by atoms with Crippen molar-refractivity contribution in [2.75, 3.05) is 13.2 Å². The van der Waals surface area contributed by atoms with Crippen LogP contribution in [0.2, 0.25) is 5.02 Å². The van der Waals surface area contributed by atoms with Gasteiger partial charge in [-0.1, -0.05) is 11.6 Å². The minimum absolute atomic E-state index is 0.0286. The Balaban J connectivity index is 1.87. The van der Waals surface area contributed by atoms with Crippen LogP contribution in [0.3, 0.4) is 0 Å². The smallest absolute Gasteiger partial charge is 0.325 e. The van der Waals surface area contributed by atoms with Crippen molar-refractivity contribution >= 4 is 23.5 Å². The second-order valence-electron chi connectivity index (χ2n) is 5.39. The molecule has 114 valence electrons. The molecule has 6 nitrogen and oxygen atoms in total. The van der Waals surface area contributed by atoms with Gasteiger partial charge in [-0.05, 0) is 38.1 Å². The summed E-state index contributed by atoms with van der Waals surface area (Å²) < 4.78 is 5.38. The maximum absolute atomic E-state index is 12.0. The average Bonchev–Trinajstić information content (AvgIpc) is 2.60. The molecular weight excluding hydrogens is 296 g/mol. The predicted molar refractivity (Wildman–Crippen MR) is 77.3 cm³/mol. The van der Waals surface area contributed by atoms with Crippen molar-refractivity contribution in [1.29, 1.82) is 0 Å². The molecule has 1 atom stereocenters. The highest BCUT2D eigenvalue weighted by Crippen LogP contribution is 2.18. The molecule has 2 rings (SSSR count). The van der Waals surface area contributed by atoms with Gasteiger partial charge in [0.05, 0.1) is 6.54 Å². The Morgan fingerprint density at radius 3 is 2.48 bits per heavy atom. The molecule has 0 unspecified atom stereocenters. The summed E-state index contributed by atoms with van der Waals surface area (Å²) in [6.07, 6.45) is -0.968. The minimum Gasteiger partial charge on any atom is -0.491 e. The van der Waals surface area contributed by atoms with E-state index in [1.807, 2.05) is 0 Å². The van der Waals surface area contributed by atoms with Gasteiger partial charge in [-0.15, -0.1) is 0 Å². The second-order valence-corrected chi connectivity index (χ2v) is 5.83. The van der Waals surface area contributed by atoms with Crippen LogP contribution in [0.5, 0.6) is 5.75 Å². The number of imide groups is 1. The molecule has 0 aromatic heterocycles. The van der Waals surface area contributed by atoms with E-state index in [1.165, 1.54) is 0 Å². The third kappa shape index (κ3) is 3.65. The van der Waals surface area contributed by atoms with Crippen molar-refractivity contribution in [2.24, 2.45) is 0 Å². The summed E-state index contributed by atoms with van der Waals surface area (Å²) in [4.78, 5) is 24.6. The molecule has 2 N–H and O–H groups in total. The number of nitrogens with zero attached hydrogens (tertiary/aromatic N) is 1. The van der Waals surface area contributed by atoms with Gasteiger partial charge in [-0.2, -0.15) is 0 Å². The molecule has 1 saturated heterocycles. The number of urea groups is 1. The summed E-state index contributed by atoms with van der Waals surface area (Å²) >= 11 is 5.75. The van der Waals surface area contributed by atoms with Crippen LogP contribution in [0.15, 0.2) is 24.3 Å². The Morgan fingerprint density at radius 1 is 1.33 bits per heavy atom. The topological polar surface area (TPSA) is 78.9 Å². The fourth-order valence-electron chi connectivity index (χ4n) is 1.97. The van der Waals surface area contributed by atoms with Gasteiger partial charge in [0, 0.05) is 5.02 Å². The highest BCUT2D eigenvalue weighted by atomic mass is 35.5. The summed E-state index contributed by atoms with van der Waals surface area (Å²) in [7, 11) is 0. The molecule has 1 aliphatic rings. The van der Waals surface area contributed by atoms with Crippen molar-refractivity contribution in [3.05, 3.63) is 29.3 Å². The summed E-state index contributed by atoms with van der Waals surface area (Å²) in [5.41, 5.74) is -0.937. The minimum atomic E-state index is -0.968. The lowest BCUT2D eigenvalue weighted by Crippen LogP contribution is -2.42. The van der Waals surface area contributed by atoms with E-state index < -0.39 is 17.7 Å². The first kappa shape index (κ1) is 15.6. The van der Waals surface area contributed by atoms with Crippen molar-refractivity contribution in [2.45, 2.75) is 25.5 Å². The van der Waals surface area contributed by atoms with Gasteiger partial charge in [0.1, 0.15) is 24.0 Å². The van der Waals surface area contributed by atoms with E-state index in [9.17, 15) is 14.7 Å². The van der Waals surface area contributed by atoms with Gasteiger partial charge in [-0.3, -0.25) is 9.69 Å². The van der Waals surface area contributed by atoms with Crippen molar-refractivity contribution in [3.8, 4) is 5.75 Å². The van der Waals surface area contributed by atoms with Crippen molar-refractivity contribution in [1.82, 2.24) is 10.2 Å². The molecule has 0 radical (unpaired) electrons. The Labute approximate surface area is 127 Å². The molecule has 1 heterocycles. The summed E-state index contributed by atoms with van der Waals surface area (Å²) in [6.45, 7) is 3.09. The molecule has 1 aromatic rings. The van der Waals surface area contributed by atoms with E-state index in [4.69, 9.17) is 16.3 Å². The number of aliphatic hydroxyl groups excluding tert-OH is 1. The highest BCUT2D eigenvalue weighted by Gasteiger charge is 2.44. The van der Waals surface area contributed by atoms with Crippen molar-refractivity contribution in [3.63, 3.8) is 0 Å². The van der Waals surface area contributed by atoms with Crippen molar-refractivity contribution < 1.29 is 19.4 Å². The number of nitrogens with one attached hydrogen (secondary N) is 1. The zero-order chi connectivity index (χ0) is 15.6. The molecular formula is C14H17ClN2O4. The lowest BCUT2D eigenvalue weighted by Gasteiger charge is -2.19. The molecule has 1 aliphatic heterocycles. The predicted octanol–water partition coefficient (Wildman–Crippen LogP) is 1.41. The number of carbonyl (C=O) groups is 2. The summed E-state index contributed by atoms with van der Waals surface area (Å²) in [5.74, 6) is 0.189. The highest BCUT2D eigenvalue weighted by molar-refractivity contribution is 6.30. The number of ether oxygens (including phenoxy) is 1. The second kappa shape index (κ2) is 5.91. The van der Waals surface area contributed by atoms with E-state index >= 15 is 0 Å². The Kier molecular flexibility index (Phi) is 4.39. The van der Waals surface area contributed by atoms with Gasteiger partial charge < -0.3 is 15.2 Å². The van der Waals surface area contributed by atoms with Crippen LogP contribution in [0, 0.1) is 0 Å². The van der Waals surface area contributed by atoms with Crippen LogP contribution in [0.1, 0.15) is 13.8 Å². The normalized spacial score (nSPS) is 18.6. The third-order valence-electron chi connectivity index (χ3n) is 3.09. The number of hydrogen-bond donors (Lipinski definition) is 2. The largest absolute Gasteiger partial charge is 0.491 e. The number of halogens is 1. The maximum Gasteiger partial charge on any atom is 0.325 e. The first-order valence-electron chi connectivity index (χ1n) is 6.50. The monoisotopic (exact) mass is 312 g/mol. The average molecular weight is 313 g/mol. The van der Waals surface area contributed by atoms with Crippen LogP contribution in [0.25, 0.3) is 0 Å². The Bertz CT molecular complexity index is 544. The zero-order valence-electron chi connectivity index (χ0n) is 11.8. The molecule has 3 amide bonds. The number of amides is 3. The molecule has 0 spiro atoms. The third-order valence-corrected chi connectivity index (χ3v) is 3.35. The van der Waals surface area contributed by atoms with Gasteiger partial charge >= 0.3 is 6.03 Å². The molecule has 0 saturated carbocycles.